The van der Waals surface area contributed by atoms with Gasteiger partial charge in [0.05, 0.1) is 13.2 Å². The molecule has 0 aliphatic rings. The van der Waals surface area contributed by atoms with Gasteiger partial charge in [-0.2, -0.15) is 12.6 Å². The number of hydrogen-bond acceptors (Lipinski definition) is 3. The molecule has 2 nitrogen and oxygen atoms in total. The Morgan fingerprint density at radius 2 is 1.79 bits per heavy atom. The molecule has 78 valence electrons. The Labute approximate surface area is 104 Å². The van der Waals surface area contributed by atoms with E-state index < -0.39 is 0 Å². The molecule has 0 radical (unpaired) electrons. The number of halogens is 1. The van der Waals surface area contributed by atoms with Gasteiger partial charge in [-0.25, -0.2) is 0 Å². The zero-order valence-electron chi connectivity index (χ0n) is 7.78. The average Bonchev–Trinajstić information content (AvgIpc) is 2.21. The topological polar surface area (TPSA) is 18.5 Å². The summed E-state index contributed by atoms with van der Waals surface area (Å²) in [6, 6.07) is 7.95. The van der Waals surface area contributed by atoms with Gasteiger partial charge in [0, 0.05) is 9.32 Å². The molecule has 0 fully saturated rings. The average molecular weight is 324 g/mol. The van der Waals surface area contributed by atoms with Gasteiger partial charge < -0.3 is 9.47 Å². The first-order chi connectivity index (χ1) is 6.83. The second-order valence-electron chi connectivity index (χ2n) is 2.64. The lowest BCUT2D eigenvalue weighted by atomic mass is 10.3. The Hall–Kier alpha value is 0.0600. The number of hydrogen-bond donors (Lipinski definition) is 1. The first kappa shape index (κ1) is 12.1. The zero-order valence-corrected chi connectivity index (χ0v) is 10.8. The molecular weight excluding hydrogens is 311 g/mol. The first-order valence-electron chi connectivity index (χ1n) is 4.40. The van der Waals surface area contributed by atoms with Crippen LogP contribution in [0.2, 0.25) is 0 Å². The molecular formula is C10H13IO2S. The van der Waals surface area contributed by atoms with Gasteiger partial charge in [0.25, 0.3) is 0 Å². The largest absolute Gasteiger partial charge is 0.491 e. The highest BCUT2D eigenvalue weighted by Gasteiger charge is 1.93. The second kappa shape index (κ2) is 7.36. The molecule has 0 aliphatic heterocycles. The van der Waals surface area contributed by atoms with Gasteiger partial charge in [-0.1, -0.05) is 0 Å². The molecule has 0 saturated carbocycles. The van der Waals surface area contributed by atoms with Crippen molar-refractivity contribution in [2.24, 2.45) is 0 Å². The van der Waals surface area contributed by atoms with E-state index in [0.29, 0.717) is 19.8 Å². The molecule has 0 atom stereocenters. The maximum absolute atomic E-state index is 5.45. The maximum Gasteiger partial charge on any atom is 0.119 e. The molecule has 0 aliphatic carbocycles. The third kappa shape index (κ3) is 5.07. The molecule has 4 heteroatoms. The van der Waals surface area contributed by atoms with Crippen molar-refractivity contribution in [3.05, 3.63) is 27.8 Å². The summed E-state index contributed by atoms with van der Waals surface area (Å²) in [5.74, 6) is 1.64. The highest BCUT2D eigenvalue weighted by molar-refractivity contribution is 14.1. The third-order valence-corrected chi connectivity index (χ3v) is 2.45. The molecule has 0 heterocycles. The van der Waals surface area contributed by atoms with Gasteiger partial charge >= 0.3 is 0 Å². The predicted octanol–water partition coefficient (Wildman–Crippen LogP) is 2.62. The lowest BCUT2D eigenvalue weighted by Crippen LogP contribution is -2.07. The fourth-order valence-corrected chi connectivity index (χ4v) is 1.40. The Morgan fingerprint density at radius 1 is 1.07 bits per heavy atom. The summed E-state index contributed by atoms with van der Waals surface area (Å²) in [5, 5.41) is 0. The van der Waals surface area contributed by atoms with Crippen LogP contribution in [0.25, 0.3) is 0 Å². The predicted molar refractivity (Wildman–Crippen MR) is 69.3 cm³/mol. The van der Waals surface area contributed by atoms with Crippen LogP contribution in [0.3, 0.4) is 0 Å². The molecule has 0 amide bonds. The summed E-state index contributed by atoms with van der Waals surface area (Å²) in [6.07, 6.45) is 0. The number of ether oxygens (including phenoxy) is 2. The quantitative estimate of drug-likeness (QED) is 0.493. The summed E-state index contributed by atoms with van der Waals surface area (Å²) in [5.41, 5.74) is 0. The van der Waals surface area contributed by atoms with Gasteiger partial charge in [-0.05, 0) is 46.9 Å². The number of benzene rings is 1. The minimum Gasteiger partial charge on any atom is -0.491 e. The van der Waals surface area contributed by atoms with Crippen molar-refractivity contribution in [3.8, 4) is 5.75 Å². The van der Waals surface area contributed by atoms with Crippen molar-refractivity contribution in [1.82, 2.24) is 0 Å². The highest BCUT2D eigenvalue weighted by atomic mass is 127. The fraction of sp³-hybridized carbons (Fsp3) is 0.400. The molecule has 0 bridgehead atoms. The van der Waals surface area contributed by atoms with Crippen LogP contribution in [0.15, 0.2) is 24.3 Å². The molecule has 1 aromatic rings. The van der Waals surface area contributed by atoms with Crippen LogP contribution < -0.4 is 4.74 Å². The Morgan fingerprint density at radius 3 is 2.43 bits per heavy atom. The van der Waals surface area contributed by atoms with E-state index in [9.17, 15) is 0 Å². The summed E-state index contributed by atoms with van der Waals surface area (Å²) >= 11 is 6.30. The summed E-state index contributed by atoms with van der Waals surface area (Å²) in [4.78, 5) is 0. The first-order valence-corrected chi connectivity index (χ1v) is 6.11. The number of thiol groups is 1. The molecule has 14 heavy (non-hydrogen) atoms. The Balaban J connectivity index is 2.15. The molecule has 0 saturated heterocycles. The molecule has 1 aromatic carbocycles. The zero-order chi connectivity index (χ0) is 10.2. The molecule has 0 aromatic heterocycles. The summed E-state index contributed by atoms with van der Waals surface area (Å²) in [6.45, 7) is 1.89. The minimum atomic E-state index is 0.592. The number of rotatable bonds is 6. The van der Waals surface area contributed by atoms with Gasteiger partial charge in [0.2, 0.25) is 0 Å². The van der Waals surface area contributed by atoms with Crippen LogP contribution in [0.5, 0.6) is 5.75 Å². The Bertz CT molecular complexity index is 251. The fourth-order valence-electron chi connectivity index (χ4n) is 0.916. The van der Waals surface area contributed by atoms with E-state index in [1.165, 1.54) is 3.57 Å². The summed E-state index contributed by atoms with van der Waals surface area (Å²) in [7, 11) is 0. The smallest absolute Gasteiger partial charge is 0.119 e. The lowest BCUT2D eigenvalue weighted by Gasteiger charge is -2.06. The second-order valence-corrected chi connectivity index (χ2v) is 4.33. The molecule has 0 N–H and O–H groups in total. The van der Waals surface area contributed by atoms with E-state index in [2.05, 4.69) is 35.2 Å². The van der Waals surface area contributed by atoms with E-state index in [1.807, 2.05) is 24.3 Å². The monoisotopic (exact) mass is 324 g/mol. The minimum absolute atomic E-state index is 0.592. The van der Waals surface area contributed by atoms with E-state index in [-0.39, 0.29) is 0 Å². The van der Waals surface area contributed by atoms with Gasteiger partial charge in [-0.15, -0.1) is 0 Å². The van der Waals surface area contributed by atoms with Crippen LogP contribution in [-0.4, -0.2) is 25.6 Å². The van der Waals surface area contributed by atoms with Crippen LogP contribution in [0.1, 0.15) is 0 Å². The van der Waals surface area contributed by atoms with Crippen molar-refractivity contribution in [3.63, 3.8) is 0 Å². The van der Waals surface area contributed by atoms with Gasteiger partial charge in [-0.3, -0.25) is 0 Å². The van der Waals surface area contributed by atoms with Crippen molar-refractivity contribution >= 4 is 35.2 Å². The third-order valence-electron chi connectivity index (χ3n) is 1.55. The van der Waals surface area contributed by atoms with E-state index in [4.69, 9.17) is 9.47 Å². The van der Waals surface area contributed by atoms with Crippen molar-refractivity contribution < 1.29 is 9.47 Å². The maximum atomic E-state index is 5.45. The molecule has 0 spiro atoms. The van der Waals surface area contributed by atoms with Gasteiger partial charge in [0.15, 0.2) is 0 Å². The SMILES string of the molecule is SCCOCCOc1ccc(I)cc1. The van der Waals surface area contributed by atoms with Crippen molar-refractivity contribution in [2.45, 2.75) is 0 Å². The van der Waals surface area contributed by atoms with E-state index in [0.717, 1.165) is 11.5 Å². The van der Waals surface area contributed by atoms with E-state index >= 15 is 0 Å². The Kier molecular flexibility index (Phi) is 6.38. The van der Waals surface area contributed by atoms with Crippen molar-refractivity contribution in [2.75, 3.05) is 25.6 Å². The van der Waals surface area contributed by atoms with Crippen LogP contribution >= 0.6 is 35.2 Å². The van der Waals surface area contributed by atoms with Crippen LogP contribution in [0.4, 0.5) is 0 Å². The lowest BCUT2D eigenvalue weighted by molar-refractivity contribution is 0.112. The van der Waals surface area contributed by atoms with Crippen LogP contribution in [0, 0.1) is 3.57 Å². The highest BCUT2D eigenvalue weighted by Crippen LogP contribution is 2.13. The summed E-state index contributed by atoms with van der Waals surface area (Å²) < 4.78 is 11.9. The van der Waals surface area contributed by atoms with E-state index in [1.54, 1.807) is 0 Å². The molecule has 1 rings (SSSR count). The normalized spacial score (nSPS) is 10.1. The van der Waals surface area contributed by atoms with Crippen LogP contribution in [-0.2, 0) is 4.74 Å². The van der Waals surface area contributed by atoms with Crippen molar-refractivity contribution in [1.29, 1.82) is 0 Å². The van der Waals surface area contributed by atoms with Gasteiger partial charge in [0.1, 0.15) is 12.4 Å². The standard InChI is InChI=1S/C10H13IO2S/c11-9-1-3-10(4-2-9)13-6-5-12-7-8-14/h1-4,14H,5-8H2. The molecule has 0 unspecified atom stereocenters.